The van der Waals surface area contributed by atoms with E-state index in [1.54, 1.807) is 7.11 Å². The lowest BCUT2D eigenvalue weighted by molar-refractivity contribution is -0.0834. The van der Waals surface area contributed by atoms with Crippen LogP contribution in [-0.2, 0) is 4.74 Å². The lowest BCUT2D eigenvalue weighted by Crippen LogP contribution is -2.44. The Labute approximate surface area is 87.9 Å². The summed E-state index contributed by atoms with van der Waals surface area (Å²) >= 11 is 0. The van der Waals surface area contributed by atoms with E-state index in [9.17, 15) is 8.78 Å². The van der Waals surface area contributed by atoms with Crippen molar-refractivity contribution in [2.24, 2.45) is 10.7 Å². The van der Waals surface area contributed by atoms with E-state index in [-0.39, 0.29) is 30.9 Å². The van der Waals surface area contributed by atoms with Crippen LogP contribution in [0, 0.1) is 0 Å². The maximum Gasteiger partial charge on any atom is 0.252 e. The molecule has 0 aromatic rings. The molecule has 1 fully saturated rings. The molecule has 15 heavy (non-hydrogen) atoms. The summed E-state index contributed by atoms with van der Waals surface area (Å²) in [4.78, 5) is 3.95. The fourth-order valence-electron chi connectivity index (χ4n) is 1.50. The summed E-state index contributed by atoms with van der Waals surface area (Å²) < 4.78 is 29.8. The second kappa shape index (κ2) is 4.74. The van der Waals surface area contributed by atoms with Crippen LogP contribution in [0.15, 0.2) is 4.99 Å². The summed E-state index contributed by atoms with van der Waals surface area (Å²) in [6.45, 7) is 2.37. The molecule has 1 atom stereocenters. The Kier molecular flexibility index (Phi) is 3.84. The Hall–Kier alpha value is -0.910. The fourth-order valence-corrected chi connectivity index (χ4v) is 1.50. The number of halogens is 2. The highest BCUT2D eigenvalue weighted by Gasteiger charge is 2.45. The van der Waals surface area contributed by atoms with E-state index in [1.165, 1.54) is 0 Å². The van der Waals surface area contributed by atoms with Gasteiger partial charge in [-0.3, -0.25) is 0 Å². The molecule has 1 unspecified atom stereocenters. The predicted molar refractivity (Wildman–Crippen MR) is 54.1 cm³/mol. The Balaban J connectivity index is 2.28. The third-order valence-corrected chi connectivity index (χ3v) is 2.20. The number of nitrogens with one attached hydrogen (secondary N) is 1. The van der Waals surface area contributed by atoms with E-state index >= 15 is 0 Å². The minimum atomic E-state index is -2.55. The Morgan fingerprint density at radius 3 is 2.73 bits per heavy atom. The average Bonchev–Trinajstić information content (AvgIpc) is 2.00. The highest BCUT2D eigenvalue weighted by atomic mass is 19.3. The van der Waals surface area contributed by atoms with Crippen molar-refractivity contribution in [3.8, 4) is 0 Å². The minimum Gasteiger partial charge on any atom is -0.383 e. The number of ether oxygens (including phenoxy) is 1. The van der Waals surface area contributed by atoms with Crippen molar-refractivity contribution in [3.05, 3.63) is 0 Å². The van der Waals surface area contributed by atoms with Crippen LogP contribution < -0.4 is 11.1 Å². The summed E-state index contributed by atoms with van der Waals surface area (Å²) in [6.07, 6.45) is -0.401. The van der Waals surface area contributed by atoms with Crippen molar-refractivity contribution >= 4 is 5.96 Å². The monoisotopic (exact) mass is 221 g/mol. The first-order valence-corrected chi connectivity index (χ1v) is 4.89. The van der Waals surface area contributed by atoms with Crippen LogP contribution in [0.2, 0.25) is 0 Å². The second-order valence-corrected chi connectivity index (χ2v) is 3.93. The van der Waals surface area contributed by atoms with E-state index in [0.717, 1.165) is 0 Å². The molecule has 0 aromatic carbocycles. The molecule has 0 aromatic heterocycles. The van der Waals surface area contributed by atoms with Crippen molar-refractivity contribution < 1.29 is 13.5 Å². The van der Waals surface area contributed by atoms with Crippen molar-refractivity contribution in [1.82, 2.24) is 5.32 Å². The number of hydrogen-bond donors (Lipinski definition) is 2. The number of aliphatic imine (C=N–C) groups is 1. The summed E-state index contributed by atoms with van der Waals surface area (Å²) in [5.41, 5.74) is 5.54. The molecule has 0 heterocycles. The maximum atomic E-state index is 12.5. The average molecular weight is 221 g/mol. The van der Waals surface area contributed by atoms with Gasteiger partial charge in [0, 0.05) is 26.0 Å². The highest BCUT2D eigenvalue weighted by molar-refractivity contribution is 5.78. The summed E-state index contributed by atoms with van der Waals surface area (Å²) in [6, 6.07) is -0.318. The first-order chi connectivity index (χ1) is 6.93. The smallest absolute Gasteiger partial charge is 0.252 e. The Bertz CT molecular complexity index is 238. The van der Waals surface area contributed by atoms with Crippen LogP contribution in [0.5, 0.6) is 0 Å². The third kappa shape index (κ3) is 3.99. The molecule has 1 saturated carbocycles. The Morgan fingerprint density at radius 2 is 2.27 bits per heavy atom. The van der Waals surface area contributed by atoms with Crippen LogP contribution in [0.1, 0.15) is 19.8 Å². The normalized spacial score (nSPS) is 23.3. The Morgan fingerprint density at radius 1 is 1.67 bits per heavy atom. The second-order valence-electron chi connectivity index (χ2n) is 3.93. The molecule has 3 N–H and O–H groups in total. The molecule has 6 heteroatoms. The van der Waals surface area contributed by atoms with Crippen molar-refractivity contribution in [2.75, 3.05) is 13.7 Å². The lowest BCUT2D eigenvalue weighted by atomic mass is 9.89. The molecule has 88 valence electrons. The van der Waals surface area contributed by atoms with Gasteiger partial charge in [0.05, 0.1) is 12.6 Å². The molecule has 0 bridgehead atoms. The molecule has 1 rings (SSSR count). The quantitative estimate of drug-likeness (QED) is 0.543. The number of methoxy groups -OCH3 is 1. The number of alkyl halides is 2. The van der Waals surface area contributed by atoms with Crippen molar-refractivity contribution in [2.45, 2.75) is 37.8 Å². The molecule has 0 radical (unpaired) electrons. The molecule has 0 saturated heterocycles. The van der Waals surface area contributed by atoms with Crippen molar-refractivity contribution in [3.63, 3.8) is 0 Å². The zero-order chi connectivity index (χ0) is 11.5. The number of rotatable bonds is 4. The maximum absolute atomic E-state index is 12.5. The summed E-state index contributed by atoms with van der Waals surface area (Å²) in [7, 11) is 1.58. The van der Waals surface area contributed by atoms with Gasteiger partial charge in [-0.05, 0) is 6.92 Å². The van der Waals surface area contributed by atoms with Gasteiger partial charge in [0.1, 0.15) is 0 Å². The van der Waals surface area contributed by atoms with E-state index < -0.39 is 5.92 Å². The minimum absolute atomic E-state index is 0.0272. The topological polar surface area (TPSA) is 59.6 Å². The van der Waals surface area contributed by atoms with Gasteiger partial charge in [-0.1, -0.05) is 0 Å². The van der Waals surface area contributed by atoms with Gasteiger partial charge >= 0.3 is 0 Å². The van der Waals surface area contributed by atoms with Gasteiger partial charge in [0.2, 0.25) is 0 Å². The molecule has 0 spiro atoms. The molecule has 0 aliphatic heterocycles. The van der Waals surface area contributed by atoms with Gasteiger partial charge in [-0.25, -0.2) is 13.8 Å². The van der Waals surface area contributed by atoms with Crippen LogP contribution in [-0.4, -0.2) is 37.7 Å². The number of hydrogen-bond acceptors (Lipinski definition) is 2. The SMILES string of the molecule is COCC(C)NC(N)=NC1CC(F)(F)C1. The van der Waals surface area contributed by atoms with E-state index in [0.29, 0.717) is 6.61 Å². The largest absolute Gasteiger partial charge is 0.383 e. The first-order valence-electron chi connectivity index (χ1n) is 4.89. The third-order valence-electron chi connectivity index (χ3n) is 2.20. The van der Waals surface area contributed by atoms with Crippen molar-refractivity contribution in [1.29, 1.82) is 0 Å². The number of nitrogens with zero attached hydrogens (tertiary/aromatic N) is 1. The van der Waals surface area contributed by atoms with Gasteiger partial charge < -0.3 is 15.8 Å². The fraction of sp³-hybridized carbons (Fsp3) is 0.889. The zero-order valence-electron chi connectivity index (χ0n) is 8.96. The number of guanidine groups is 1. The first kappa shape index (κ1) is 12.2. The van der Waals surface area contributed by atoms with Crippen LogP contribution in [0.4, 0.5) is 8.78 Å². The highest BCUT2D eigenvalue weighted by Crippen LogP contribution is 2.39. The van der Waals surface area contributed by atoms with E-state index in [2.05, 4.69) is 10.3 Å². The zero-order valence-corrected chi connectivity index (χ0v) is 8.96. The van der Waals surface area contributed by atoms with Gasteiger partial charge in [-0.15, -0.1) is 0 Å². The van der Waals surface area contributed by atoms with Gasteiger partial charge in [0.15, 0.2) is 5.96 Å². The van der Waals surface area contributed by atoms with Crippen LogP contribution in [0.3, 0.4) is 0 Å². The molecular weight excluding hydrogens is 204 g/mol. The summed E-state index contributed by atoms with van der Waals surface area (Å²) in [5.74, 6) is -2.34. The molecular formula is C9H17F2N3O. The van der Waals surface area contributed by atoms with Crippen LogP contribution >= 0.6 is 0 Å². The van der Waals surface area contributed by atoms with E-state index in [1.807, 2.05) is 6.92 Å². The standard InChI is InChI=1S/C9H17F2N3O/c1-6(5-15-2)13-8(12)14-7-3-9(10,11)4-7/h6-7H,3-5H2,1-2H3,(H3,12,13,14). The molecule has 1 aliphatic carbocycles. The van der Waals surface area contributed by atoms with Gasteiger partial charge in [-0.2, -0.15) is 0 Å². The van der Waals surface area contributed by atoms with Crippen LogP contribution in [0.25, 0.3) is 0 Å². The lowest BCUT2D eigenvalue weighted by Gasteiger charge is -2.32. The summed E-state index contributed by atoms with van der Waals surface area (Å²) in [5, 5.41) is 2.87. The van der Waals surface area contributed by atoms with E-state index in [4.69, 9.17) is 10.5 Å². The van der Waals surface area contributed by atoms with Gasteiger partial charge in [0.25, 0.3) is 5.92 Å². The number of nitrogens with two attached hydrogens (primary N) is 1. The molecule has 4 nitrogen and oxygen atoms in total. The molecule has 0 amide bonds. The predicted octanol–water partition coefficient (Wildman–Crippen LogP) is 0.723. The molecule has 1 aliphatic rings.